The SMILES string of the molecule is COc1ccc(Oc2cccc(C=NNc3ccccc3)c2)cc1. The van der Waals surface area contributed by atoms with E-state index in [9.17, 15) is 0 Å². The Morgan fingerprint density at radius 1 is 0.792 bits per heavy atom. The summed E-state index contributed by atoms with van der Waals surface area (Å²) in [5.74, 6) is 2.31. The first-order valence-corrected chi connectivity index (χ1v) is 7.59. The molecule has 0 amide bonds. The van der Waals surface area contributed by atoms with Crippen LogP contribution in [0.25, 0.3) is 0 Å². The van der Waals surface area contributed by atoms with Gasteiger partial charge in [-0.15, -0.1) is 0 Å². The summed E-state index contributed by atoms with van der Waals surface area (Å²) in [4.78, 5) is 0. The maximum atomic E-state index is 5.85. The van der Waals surface area contributed by atoms with E-state index in [-0.39, 0.29) is 0 Å². The summed E-state index contributed by atoms with van der Waals surface area (Å²) in [6.45, 7) is 0. The second-order valence-electron chi connectivity index (χ2n) is 5.09. The number of hydrogen-bond donors (Lipinski definition) is 1. The molecule has 0 aliphatic rings. The van der Waals surface area contributed by atoms with E-state index in [0.717, 1.165) is 28.5 Å². The van der Waals surface area contributed by atoms with Crippen LogP contribution in [0.5, 0.6) is 17.2 Å². The van der Waals surface area contributed by atoms with Crippen molar-refractivity contribution >= 4 is 11.9 Å². The lowest BCUT2D eigenvalue weighted by molar-refractivity contribution is 0.413. The van der Waals surface area contributed by atoms with Gasteiger partial charge in [0, 0.05) is 0 Å². The highest BCUT2D eigenvalue weighted by Crippen LogP contribution is 2.24. The largest absolute Gasteiger partial charge is 0.497 e. The molecule has 1 N–H and O–H groups in total. The molecular weight excluding hydrogens is 300 g/mol. The van der Waals surface area contributed by atoms with E-state index in [1.807, 2.05) is 78.9 Å². The number of hydrazone groups is 1. The zero-order valence-electron chi connectivity index (χ0n) is 13.3. The van der Waals surface area contributed by atoms with Crippen molar-refractivity contribution in [3.8, 4) is 17.2 Å². The first-order valence-electron chi connectivity index (χ1n) is 7.59. The van der Waals surface area contributed by atoms with Gasteiger partial charge in [0.05, 0.1) is 19.0 Å². The fourth-order valence-electron chi connectivity index (χ4n) is 2.13. The minimum absolute atomic E-state index is 0.754. The summed E-state index contributed by atoms with van der Waals surface area (Å²) in [6.07, 6.45) is 1.76. The van der Waals surface area contributed by atoms with E-state index >= 15 is 0 Å². The number of benzene rings is 3. The molecule has 120 valence electrons. The van der Waals surface area contributed by atoms with Gasteiger partial charge in [-0.3, -0.25) is 5.43 Å². The zero-order chi connectivity index (χ0) is 16.6. The third-order valence-corrected chi connectivity index (χ3v) is 3.33. The molecule has 0 fully saturated rings. The quantitative estimate of drug-likeness (QED) is 0.517. The fraction of sp³-hybridized carbons (Fsp3) is 0.0500. The van der Waals surface area contributed by atoms with Gasteiger partial charge in [0.1, 0.15) is 17.2 Å². The molecule has 0 unspecified atom stereocenters. The maximum Gasteiger partial charge on any atom is 0.128 e. The molecule has 4 nitrogen and oxygen atoms in total. The molecular formula is C20H18N2O2. The number of nitrogens with one attached hydrogen (secondary N) is 1. The predicted octanol–water partition coefficient (Wildman–Crippen LogP) is 4.93. The Hall–Kier alpha value is -3.27. The normalized spacial score (nSPS) is 10.5. The van der Waals surface area contributed by atoms with Crippen LogP contribution < -0.4 is 14.9 Å². The van der Waals surface area contributed by atoms with E-state index < -0.39 is 0 Å². The average Bonchev–Trinajstić information content (AvgIpc) is 2.64. The Morgan fingerprint density at radius 2 is 1.54 bits per heavy atom. The van der Waals surface area contributed by atoms with Gasteiger partial charge >= 0.3 is 0 Å². The summed E-state index contributed by atoms with van der Waals surface area (Å²) < 4.78 is 11.0. The lowest BCUT2D eigenvalue weighted by Crippen LogP contribution is -1.91. The monoisotopic (exact) mass is 318 g/mol. The van der Waals surface area contributed by atoms with Crippen molar-refractivity contribution in [3.05, 3.63) is 84.4 Å². The summed E-state index contributed by atoms with van der Waals surface area (Å²) in [7, 11) is 1.64. The Morgan fingerprint density at radius 3 is 2.29 bits per heavy atom. The Kier molecular flexibility index (Phi) is 5.10. The zero-order valence-corrected chi connectivity index (χ0v) is 13.3. The van der Waals surface area contributed by atoms with Crippen LogP contribution in [0.3, 0.4) is 0 Å². The van der Waals surface area contributed by atoms with E-state index in [0.29, 0.717) is 0 Å². The van der Waals surface area contributed by atoms with Crippen LogP contribution in [-0.4, -0.2) is 13.3 Å². The average molecular weight is 318 g/mol. The van der Waals surface area contributed by atoms with E-state index in [1.54, 1.807) is 13.3 Å². The molecule has 0 aliphatic heterocycles. The third-order valence-electron chi connectivity index (χ3n) is 3.33. The van der Waals surface area contributed by atoms with Crippen molar-refractivity contribution in [1.82, 2.24) is 0 Å². The minimum atomic E-state index is 0.754. The maximum absolute atomic E-state index is 5.85. The van der Waals surface area contributed by atoms with Crippen LogP contribution in [0, 0.1) is 0 Å². The second-order valence-corrected chi connectivity index (χ2v) is 5.09. The summed E-state index contributed by atoms with van der Waals surface area (Å²) in [5.41, 5.74) is 4.88. The lowest BCUT2D eigenvalue weighted by Gasteiger charge is -2.07. The molecule has 3 aromatic carbocycles. The number of methoxy groups -OCH3 is 1. The van der Waals surface area contributed by atoms with Crippen LogP contribution in [0.1, 0.15) is 5.56 Å². The van der Waals surface area contributed by atoms with Gasteiger partial charge in [-0.25, -0.2) is 0 Å². The van der Waals surface area contributed by atoms with Crippen molar-refractivity contribution in [1.29, 1.82) is 0 Å². The molecule has 0 heterocycles. The molecule has 3 rings (SSSR count). The lowest BCUT2D eigenvalue weighted by atomic mass is 10.2. The number of anilines is 1. The van der Waals surface area contributed by atoms with Crippen molar-refractivity contribution in [2.45, 2.75) is 0 Å². The van der Waals surface area contributed by atoms with Gasteiger partial charge in [0.25, 0.3) is 0 Å². The molecule has 0 atom stereocenters. The molecule has 0 aromatic heterocycles. The van der Waals surface area contributed by atoms with Crippen molar-refractivity contribution < 1.29 is 9.47 Å². The van der Waals surface area contributed by atoms with Crippen molar-refractivity contribution in [2.75, 3.05) is 12.5 Å². The molecule has 0 radical (unpaired) electrons. The summed E-state index contributed by atoms with van der Waals surface area (Å²) in [6, 6.07) is 25.0. The summed E-state index contributed by atoms with van der Waals surface area (Å²) in [5, 5.41) is 4.24. The first-order chi connectivity index (χ1) is 11.8. The Labute approximate surface area is 141 Å². The van der Waals surface area contributed by atoms with E-state index in [4.69, 9.17) is 9.47 Å². The molecule has 0 bridgehead atoms. The molecule has 0 saturated carbocycles. The highest BCUT2D eigenvalue weighted by atomic mass is 16.5. The Balaban J connectivity index is 1.65. The van der Waals surface area contributed by atoms with Gasteiger partial charge in [0.2, 0.25) is 0 Å². The Bertz CT molecular complexity index is 799. The summed E-state index contributed by atoms with van der Waals surface area (Å²) >= 11 is 0. The topological polar surface area (TPSA) is 42.9 Å². The van der Waals surface area contributed by atoms with Gasteiger partial charge in [-0.05, 0) is 54.1 Å². The molecule has 4 heteroatoms. The molecule has 24 heavy (non-hydrogen) atoms. The van der Waals surface area contributed by atoms with Gasteiger partial charge in [-0.1, -0.05) is 30.3 Å². The minimum Gasteiger partial charge on any atom is -0.497 e. The smallest absolute Gasteiger partial charge is 0.128 e. The fourth-order valence-corrected chi connectivity index (χ4v) is 2.13. The number of rotatable bonds is 6. The van der Waals surface area contributed by atoms with E-state index in [2.05, 4.69) is 10.5 Å². The highest BCUT2D eigenvalue weighted by Gasteiger charge is 1.99. The molecule has 0 saturated heterocycles. The van der Waals surface area contributed by atoms with Gasteiger partial charge in [-0.2, -0.15) is 5.10 Å². The number of nitrogens with zero attached hydrogens (tertiary/aromatic N) is 1. The van der Waals surface area contributed by atoms with Crippen LogP contribution in [0.15, 0.2) is 84.0 Å². The van der Waals surface area contributed by atoms with Crippen LogP contribution in [0.2, 0.25) is 0 Å². The van der Waals surface area contributed by atoms with Crippen LogP contribution in [-0.2, 0) is 0 Å². The van der Waals surface area contributed by atoms with Crippen LogP contribution >= 0.6 is 0 Å². The van der Waals surface area contributed by atoms with Gasteiger partial charge < -0.3 is 9.47 Å². The number of hydrogen-bond acceptors (Lipinski definition) is 4. The highest BCUT2D eigenvalue weighted by molar-refractivity contribution is 5.80. The standard InChI is InChI=1S/C20H18N2O2/c1-23-18-10-12-19(13-11-18)24-20-9-5-6-16(14-20)15-21-22-17-7-3-2-4-8-17/h2-15,22H,1H3. The third kappa shape index (κ3) is 4.36. The van der Waals surface area contributed by atoms with Crippen molar-refractivity contribution in [2.24, 2.45) is 5.10 Å². The molecule has 0 aliphatic carbocycles. The second kappa shape index (κ2) is 7.83. The molecule has 3 aromatic rings. The van der Waals surface area contributed by atoms with E-state index in [1.165, 1.54) is 0 Å². The molecule has 0 spiro atoms. The van der Waals surface area contributed by atoms with Crippen LogP contribution in [0.4, 0.5) is 5.69 Å². The van der Waals surface area contributed by atoms with Crippen molar-refractivity contribution in [3.63, 3.8) is 0 Å². The predicted molar refractivity (Wildman–Crippen MR) is 97.2 cm³/mol. The van der Waals surface area contributed by atoms with Gasteiger partial charge in [0.15, 0.2) is 0 Å². The number of ether oxygens (including phenoxy) is 2. The number of para-hydroxylation sites is 1. The first kappa shape index (κ1) is 15.6.